The molecule has 0 saturated carbocycles. The molecule has 88 valence electrons. The average molecular weight is 222 g/mol. The van der Waals surface area contributed by atoms with E-state index in [0.29, 0.717) is 23.5 Å². The summed E-state index contributed by atoms with van der Waals surface area (Å²) in [5, 5.41) is 0. The SMILES string of the molecule is CCC(=O)c1ccc(OC(C)C)c(OC)c1. The third-order valence-corrected chi connectivity index (χ3v) is 2.17. The number of hydrogen-bond donors (Lipinski definition) is 0. The summed E-state index contributed by atoms with van der Waals surface area (Å²) in [4.78, 5) is 11.5. The minimum atomic E-state index is 0.0848. The van der Waals surface area contributed by atoms with Crippen LogP contribution in [0.5, 0.6) is 11.5 Å². The van der Waals surface area contributed by atoms with E-state index in [9.17, 15) is 4.79 Å². The van der Waals surface area contributed by atoms with E-state index in [2.05, 4.69) is 0 Å². The molecule has 0 aliphatic carbocycles. The summed E-state index contributed by atoms with van der Waals surface area (Å²) in [6.45, 7) is 5.74. The summed E-state index contributed by atoms with van der Waals surface area (Å²) in [6, 6.07) is 5.28. The summed E-state index contributed by atoms with van der Waals surface area (Å²) < 4.78 is 10.8. The monoisotopic (exact) mass is 222 g/mol. The lowest BCUT2D eigenvalue weighted by Gasteiger charge is -2.14. The Morgan fingerprint density at radius 1 is 1.31 bits per heavy atom. The average Bonchev–Trinajstić information content (AvgIpc) is 2.27. The van der Waals surface area contributed by atoms with Crippen LogP contribution in [0.2, 0.25) is 0 Å². The van der Waals surface area contributed by atoms with E-state index in [4.69, 9.17) is 9.47 Å². The number of hydrogen-bond acceptors (Lipinski definition) is 3. The Bertz CT molecular complexity index is 369. The molecular formula is C13H18O3. The molecule has 0 aliphatic heterocycles. The summed E-state index contributed by atoms with van der Waals surface area (Å²) >= 11 is 0. The first-order valence-electron chi connectivity index (χ1n) is 5.46. The molecule has 3 nitrogen and oxygen atoms in total. The zero-order valence-electron chi connectivity index (χ0n) is 10.2. The van der Waals surface area contributed by atoms with Crippen LogP contribution >= 0.6 is 0 Å². The van der Waals surface area contributed by atoms with Crippen LogP contribution in [0.25, 0.3) is 0 Å². The number of benzene rings is 1. The van der Waals surface area contributed by atoms with E-state index < -0.39 is 0 Å². The Morgan fingerprint density at radius 3 is 2.50 bits per heavy atom. The first-order valence-corrected chi connectivity index (χ1v) is 5.46. The number of ketones is 1. The van der Waals surface area contributed by atoms with Gasteiger partial charge in [0.2, 0.25) is 0 Å². The highest BCUT2D eigenvalue weighted by Gasteiger charge is 2.10. The third-order valence-electron chi connectivity index (χ3n) is 2.17. The number of Topliss-reactive ketones (excluding diaryl/α,β-unsaturated/α-hetero) is 1. The van der Waals surface area contributed by atoms with E-state index in [-0.39, 0.29) is 11.9 Å². The molecule has 1 aromatic carbocycles. The molecular weight excluding hydrogens is 204 g/mol. The predicted octanol–water partition coefficient (Wildman–Crippen LogP) is 3.08. The molecule has 0 spiro atoms. The Hall–Kier alpha value is -1.51. The number of carbonyl (C=O) groups is 1. The topological polar surface area (TPSA) is 35.5 Å². The fraction of sp³-hybridized carbons (Fsp3) is 0.462. The zero-order chi connectivity index (χ0) is 12.1. The molecule has 0 heterocycles. The van der Waals surface area contributed by atoms with Gasteiger partial charge >= 0.3 is 0 Å². The van der Waals surface area contributed by atoms with Crippen molar-refractivity contribution in [2.45, 2.75) is 33.3 Å². The van der Waals surface area contributed by atoms with Crippen LogP contribution in [-0.2, 0) is 0 Å². The summed E-state index contributed by atoms with van der Waals surface area (Å²) in [5.41, 5.74) is 0.662. The van der Waals surface area contributed by atoms with Crippen molar-refractivity contribution >= 4 is 5.78 Å². The summed E-state index contributed by atoms with van der Waals surface area (Å²) in [6.07, 6.45) is 0.578. The normalized spacial score (nSPS) is 10.3. The van der Waals surface area contributed by atoms with Crippen molar-refractivity contribution in [2.24, 2.45) is 0 Å². The van der Waals surface area contributed by atoms with E-state index in [0.717, 1.165) is 0 Å². The third kappa shape index (κ3) is 2.99. The van der Waals surface area contributed by atoms with Crippen LogP contribution in [0.15, 0.2) is 18.2 Å². The number of rotatable bonds is 5. The van der Waals surface area contributed by atoms with Gasteiger partial charge < -0.3 is 9.47 Å². The molecule has 3 heteroatoms. The molecule has 0 fully saturated rings. The quantitative estimate of drug-likeness (QED) is 0.718. The highest BCUT2D eigenvalue weighted by atomic mass is 16.5. The van der Waals surface area contributed by atoms with Crippen molar-refractivity contribution in [1.82, 2.24) is 0 Å². The largest absolute Gasteiger partial charge is 0.493 e. The summed E-state index contributed by atoms with van der Waals surface area (Å²) in [7, 11) is 1.57. The van der Waals surface area contributed by atoms with Crippen LogP contribution in [-0.4, -0.2) is 19.0 Å². The molecule has 1 rings (SSSR count). The van der Waals surface area contributed by atoms with Gasteiger partial charge in [0.1, 0.15) is 0 Å². The van der Waals surface area contributed by atoms with Gasteiger partial charge in [-0.1, -0.05) is 6.92 Å². The number of ether oxygens (including phenoxy) is 2. The van der Waals surface area contributed by atoms with E-state index >= 15 is 0 Å². The molecule has 0 unspecified atom stereocenters. The lowest BCUT2D eigenvalue weighted by atomic mass is 10.1. The van der Waals surface area contributed by atoms with Crippen molar-refractivity contribution in [3.63, 3.8) is 0 Å². The Balaban J connectivity index is 3.01. The maximum Gasteiger partial charge on any atom is 0.162 e. The van der Waals surface area contributed by atoms with Gasteiger partial charge in [0.05, 0.1) is 13.2 Å². The maximum absolute atomic E-state index is 11.5. The van der Waals surface area contributed by atoms with Crippen molar-refractivity contribution in [1.29, 1.82) is 0 Å². The van der Waals surface area contributed by atoms with Gasteiger partial charge in [-0.05, 0) is 32.0 Å². The van der Waals surface area contributed by atoms with Crippen molar-refractivity contribution < 1.29 is 14.3 Å². The maximum atomic E-state index is 11.5. The second-order valence-electron chi connectivity index (χ2n) is 3.81. The van der Waals surface area contributed by atoms with Crippen LogP contribution in [0.1, 0.15) is 37.6 Å². The molecule has 0 radical (unpaired) electrons. The minimum Gasteiger partial charge on any atom is -0.493 e. The predicted molar refractivity (Wildman–Crippen MR) is 63.4 cm³/mol. The van der Waals surface area contributed by atoms with E-state index in [1.165, 1.54) is 0 Å². The van der Waals surface area contributed by atoms with Gasteiger partial charge in [-0.25, -0.2) is 0 Å². The number of carbonyl (C=O) groups excluding carboxylic acids is 1. The van der Waals surface area contributed by atoms with Gasteiger partial charge in [-0.2, -0.15) is 0 Å². The second kappa shape index (κ2) is 5.54. The minimum absolute atomic E-state index is 0.0848. The molecule has 0 bridgehead atoms. The van der Waals surface area contributed by atoms with Gasteiger partial charge in [-0.15, -0.1) is 0 Å². The fourth-order valence-electron chi connectivity index (χ4n) is 1.40. The van der Waals surface area contributed by atoms with E-state index in [1.54, 1.807) is 25.3 Å². The molecule has 1 aromatic rings. The molecule has 0 atom stereocenters. The fourth-order valence-corrected chi connectivity index (χ4v) is 1.40. The van der Waals surface area contributed by atoms with Crippen LogP contribution in [0.3, 0.4) is 0 Å². The first kappa shape index (κ1) is 12.6. The van der Waals surface area contributed by atoms with Crippen molar-refractivity contribution in [2.75, 3.05) is 7.11 Å². The molecule has 0 aromatic heterocycles. The van der Waals surface area contributed by atoms with Crippen LogP contribution < -0.4 is 9.47 Å². The van der Waals surface area contributed by atoms with Gasteiger partial charge in [-0.3, -0.25) is 4.79 Å². The molecule has 0 N–H and O–H groups in total. The van der Waals surface area contributed by atoms with E-state index in [1.807, 2.05) is 20.8 Å². The highest BCUT2D eigenvalue weighted by molar-refractivity contribution is 5.96. The van der Waals surface area contributed by atoms with Gasteiger partial charge in [0.25, 0.3) is 0 Å². The molecule has 0 amide bonds. The van der Waals surface area contributed by atoms with Crippen molar-refractivity contribution in [3.05, 3.63) is 23.8 Å². The summed E-state index contributed by atoms with van der Waals surface area (Å²) in [5.74, 6) is 1.38. The first-order chi connectivity index (χ1) is 7.58. The second-order valence-corrected chi connectivity index (χ2v) is 3.81. The number of methoxy groups -OCH3 is 1. The smallest absolute Gasteiger partial charge is 0.162 e. The lowest BCUT2D eigenvalue weighted by Crippen LogP contribution is -2.07. The van der Waals surface area contributed by atoms with Crippen molar-refractivity contribution in [3.8, 4) is 11.5 Å². The Kier molecular flexibility index (Phi) is 4.35. The van der Waals surface area contributed by atoms with Gasteiger partial charge in [0, 0.05) is 12.0 Å². The molecule has 16 heavy (non-hydrogen) atoms. The Morgan fingerprint density at radius 2 is 2.00 bits per heavy atom. The molecule has 0 saturated heterocycles. The zero-order valence-corrected chi connectivity index (χ0v) is 10.2. The Labute approximate surface area is 96.4 Å². The highest BCUT2D eigenvalue weighted by Crippen LogP contribution is 2.29. The van der Waals surface area contributed by atoms with Gasteiger partial charge in [0.15, 0.2) is 17.3 Å². The lowest BCUT2D eigenvalue weighted by molar-refractivity contribution is 0.0987. The van der Waals surface area contributed by atoms with Crippen LogP contribution in [0, 0.1) is 0 Å². The van der Waals surface area contributed by atoms with Crippen LogP contribution in [0.4, 0.5) is 0 Å². The standard InChI is InChI=1S/C13H18O3/c1-5-11(14)10-6-7-12(16-9(2)3)13(8-10)15-4/h6-9H,5H2,1-4H3. The molecule has 0 aliphatic rings.